The fraction of sp³-hybridized carbons (Fsp3) is 0.130. The van der Waals surface area contributed by atoms with Crippen molar-refractivity contribution >= 4 is 28.4 Å². The number of benzene rings is 2. The Kier molecular flexibility index (Phi) is 5.42. The smallest absolute Gasteiger partial charge is 0.202 e. The first-order chi connectivity index (χ1) is 14.5. The van der Waals surface area contributed by atoms with Crippen LogP contribution in [0.5, 0.6) is 11.5 Å². The number of nitrogens with zero attached hydrogens (tertiary/aromatic N) is 1. The fourth-order valence-electron chi connectivity index (χ4n) is 3.21. The largest absolute Gasteiger partial charge is 0.492 e. The third-order valence-corrected chi connectivity index (χ3v) is 4.97. The quantitative estimate of drug-likeness (QED) is 0.416. The zero-order chi connectivity index (χ0) is 21.3. The maximum atomic E-state index is 14.7. The molecule has 30 heavy (non-hydrogen) atoms. The van der Waals surface area contributed by atoms with Gasteiger partial charge in [0.05, 0.1) is 12.1 Å². The number of aromatic amines is 1. The highest BCUT2D eigenvalue weighted by atomic mass is 35.5. The zero-order valence-corrected chi connectivity index (χ0v) is 17.1. The summed E-state index contributed by atoms with van der Waals surface area (Å²) in [6.45, 7) is 2.25. The number of methoxy groups -OCH3 is 1. The second-order valence-corrected chi connectivity index (χ2v) is 7.25. The molecule has 0 saturated heterocycles. The maximum Gasteiger partial charge on any atom is 0.202 e. The van der Waals surface area contributed by atoms with Gasteiger partial charge in [0, 0.05) is 23.3 Å². The third-order valence-electron chi connectivity index (χ3n) is 4.76. The minimum Gasteiger partial charge on any atom is -0.492 e. The standard InChI is InChI=1S/C23H18ClFN2O3/c1-13-3-5-14(6-4-13)12-30-19-8-7-18(25)20(22(19)29-2)21(28)17-11-27-23-16(17)9-15(24)10-26-23/h3-11H,12H2,1-2H3,(H,26,27). The van der Waals surface area contributed by atoms with Crippen LogP contribution < -0.4 is 9.47 Å². The first-order valence-electron chi connectivity index (χ1n) is 9.20. The minimum atomic E-state index is -0.705. The second kappa shape index (κ2) is 8.16. The number of aryl methyl sites for hydroxylation is 1. The predicted octanol–water partition coefficient (Wildman–Crippen LogP) is 5.48. The lowest BCUT2D eigenvalue weighted by Crippen LogP contribution is -2.08. The average Bonchev–Trinajstić information content (AvgIpc) is 3.16. The molecule has 2 heterocycles. The van der Waals surface area contributed by atoms with Crippen molar-refractivity contribution in [3.8, 4) is 11.5 Å². The van der Waals surface area contributed by atoms with Crippen molar-refractivity contribution in [3.05, 3.63) is 88.0 Å². The van der Waals surface area contributed by atoms with Gasteiger partial charge in [0.2, 0.25) is 5.78 Å². The van der Waals surface area contributed by atoms with E-state index in [9.17, 15) is 9.18 Å². The number of rotatable bonds is 6. The lowest BCUT2D eigenvalue weighted by molar-refractivity contribution is 0.103. The molecule has 7 heteroatoms. The van der Waals surface area contributed by atoms with Gasteiger partial charge < -0.3 is 14.5 Å². The Morgan fingerprint density at radius 2 is 1.97 bits per heavy atom. The van der Waals surface area contributed by atoms with Crippen molar-refractivity contribution in [1.29, 1.82) is 0 Å². The number of aromatic nitrogens is 2. The van der Waals surface area contributed by atoms with E-state index in [0.717, 1.165) is 11.1 Å². The molecule has 0 radical (unpaired) electrons. The number of ketones is 1. The number of H-pyrrole nitrogens is 1. The van der Waals surface area contributed by atoms with Crippen LogP contribution in [0.25, 0.3) is 11.0 Å². The van der Waals surface area contributed by atoms with Crippen LogP contribution in [0.15, 0.2) is 54.9 Å². The van der Waals surface area contributed by atoms with Crippen LogP contribution in [0.3, 0.4) is 0 Å². The molecule has 0 aliphatic carbocycles. The third kappa shape index (κ3) is 3.74. The van der Waals surface area contributed by atoms with Crippen LogP contribution in [0.1, 0.15) is 27.0 Å². The molecule has 0 aliphatic heterocycles. The summed E-state index contributed by atoms with van der Waals surface area (Å²) in [5.74, 6) is -0.945. The number of nitrogens with one attached hydrogen (secondary N) is 1. The number of carbonyl (C=O) groups is 1. The summed E-state index contributed by atoms with van der Waals surface area (Å²) in [6, 6.07) is 12.1. The van der Waals surface area contributed by atoms with Crippen molar-refractivity contribution < 1.29 is 18.7 Å². The molecule has 0 bridgehead atoms. The zero-order valence-electron chi connectivity index (χ0n) is 16.3. The van der Waals surface area contributed by atoms with E-state index in [4.69, 9.17) is 21.1 Å². The minimum absolute atomic E-state index is 0.0384. The molecule has 0 unspecified atom stereocenters. The molecule has 2 aromatic heterocycles. The molecule has 2 aromatic carbocycles. The van der Waals surface area contributed by atoms with Gasteiger partial charge in [-0.25, -0.2) is 9.37 Å². The Morgan fingerprint density at radius 1 is 1.20 bits per heavy atom. The average molecular weight is 425 g/mol. The van der Waals surface area contributed by atoms with Gasteiger partial charge in [-0.05, 0) is 30.7 Å². The first-order valence-corrected chi connectivity index (χ1v) is 9.58. The lowest BCUT2D eigenvalue weighted by Gasteiger charge is -2.15. The van der Waals surface area contributed by atoms with Crippen molar-refractivity contribution in [2.75, 3.05) is 7.11 Å². The molecule has 0 fully saturated rings. The Bertz CT molecular complexity index is 1240. The van der Waals surface area contributed by atoms with E-state index >= 15 is 0 Å². The molecular formula is C23H18ClFN2O3. The number of fused-ring (bicyclic) bond motifs is 1. The predicted molar refractivity (Wildman–Crippen MR) is 113 cm³/mol. The summed E-state index contributed by atoms with van der Waals surface area (Å²) in [6.07, 6.45) is 2.95. The highest BCUT2D eigenvalue weighted by Crippen LogP contribution is 2.36. The van der Waals surface area contributed by atoms with E-state index in [1.54, 1.807) is 6.07 Å². The molecule has 0 spiro atoms. The van der Waals surface area contributed by atoms with Crippen LogP contribution >= 0.6 is 11.6 Å². The topological polar surface area (TPSA) is 64.2 Å². The van der Waals surface area contributed by atoms with Crippen molar-refractivity contribution in [2.45, 2.75) is 13.5 Å². The van der Waals surface area contributed by atoms with Gasteiger partial charge in [-0.15, -0.1) is 0 Å². The number of hydrogen-bond acceptors (Lipinski definition) is 4. The van der Waals surface area contributed by atoms with Gasteiger partial charge in [-0.1, -0.05) is 41.4 Å². The van der Waals surface area contributed by atoms with E-state index in [1.807, 2.05) is 31.2 Å². The molecule has 0 atom stereocenters. The number of hydrogen-bond donors (Lipinski definition) is 1. The van der Waals surface area contributed by atoms with Crippen LogP contribution in [0.2, 0.25) is 5.02 Å². The van der Waals surface area contributed by atoms with E-state index in [2.05, 4.69) is 9.97 Å². The molecule has 0 saturated carbocycles. The van der Waals surface area contributed by atoms with Crippen LogP contribution in [0.4, 0.5) is 4.39 Å². The summed E-state index contributed by atoms with van der Waals surface area (Å²) in [4.78, 5) is 20.3. The molecule has 1 N–H and O–H groups in total. The molecule has 152 valence electrons. The van der Waals surface area contributed by atoms with E-state index in [1.165, 1.54) is 31.6 Å². The van der Waals surface area contributed by atoms with Crippen LogP contribution in [-0.2, 0) is 6.61 Å². The lowest BCUT2D eigenvalue weighted by atomic mass is 10.0. The molecule has 4 aromatic rings. The van der Waals surface area contributed by atoms with Gasteiger partial charge in [0.1, 0.15) is 23.6 Å². The second-order valence-electron chi connectivity index (χ2n) is 6.81. The fourth-order valence-corrected chi connectivity index (χ4v) is 3.37. The summed E-state index contributed by atoms with van der Waals surface area (Å²) in [5, 5.41) is 0.874. The monoisotopic (exact) mass is 424 g/mol. The molecule has 4 rings (SSSR count). The molecule has 0 aliphatic rings. The van der Waals surface area contributed by atoms with Gasteiger partial charge in [-0.3, -0.25) is 4.79 Å². The number of pyridine rings is 1. The van der Waals surface area contributed by atoms with Crippen LogP contribution in [-0.4, -0.2) is 22.9 Å². The molecule has 5 nitrogen and oxygen atoms in total. The van der Waals surface area contributed by atoms with Gasteiger partial charge >= 0.3 is 0 Å². The van der Waals surface area contributed by atoms with Gasteiger partial charge in [0.25, 0.3) is 0 Å². The van der Waals surface area contributed by atoms with E-state index in [0.29, 0.717) is 16.1 Å². The van der Waals surface area contributed by atoms with Crippen LogP contribution in [0, 0.1) is 12.7 Å². The molecular weight excluding hydrogens is 407 g/mol. The summed E-state index contributed by atoms with van der Waals surface area (Å²) >= 11 is 6.02. The number of halogens is 2. The van der Waals surface area contributed by atoms with Crippen molar-refractivity contribution in [1.82, 2.24) is 9.97 Å². The van der Waals surface area contributed by atoms with Crippen molar-refractivity contribution in [2.24, 2.45) is 0 Å². The van der Waals surface area contributed by atoms with Gasteiger partial charge in [0.15, 0.2) is 11.5 Å². The summed E-state index contributed by atoms with van der Waals surface area (Å²) in [5.41, 5.74) is 2.60. The SMILES string of the molecule is COc1c(OCc2ccc(C)cc2)ccc(F)c1C(=O)c1c[nH]c2ncc(Cl)cc12. The highest BCUT2D eigenvalue weighted by Gasteiger charge is 2.25. The Hall–Kier alpha value is -3.38. The Labute approximate surface area is 177 Å². The van der Waals surface area contributed by atoms with E-state index < -0.39 is 11.6 Å². The summed E-state index contributed by atoms with van der Waals surface area (Å²) in [7, 11) is 1.37. The first kappa shape index (κ1) is 19.9. The van der Waals surface area contributed by atoms with E-state index in [-0.39, 0.29) is 29.2 Å². The number of ether oxygens (including phenoxy) is 2. The van der Waals surface area contributed by atoms with Crippen molar-refractivity contribution in [3.63, 3.8) is 0 Å². The van der Waals surface area contributed by atoms with Gasteiger partial charge in [-0.2, -0.15) is 0 Å². The maximum absolute atomic E-state index is 14.7. The summed E-state index contributed by atoms with van der Waals surface area (Å²) < 4.78 is 26.0. The normalized spacial score (nSPS) is 10.9. The Morgan fingerprint density at radius 3 is 2.70 bits per heavy atom. The molecule has 0 amide bonds. The number of carbonyl (C=O) groups excluding carboxylic acids is 1. The Balaban J connectivity index is 1.71. The highest BCUT2D eigenvalue weighted by molar-refractivity contribution is 6.31.